The molecule has 0 radical (unpaired) electrons. The molecule has 4 heteroatoms. The predicted molar refractivity (Wildman–Crippen MR) is 59.6 cm³/mol. The van der Waals surface area contributed by atoms with E-state index in [1.807, 2.05) is 25.0 Å². The fourth-order valence-corrected chi connectivity index (χ4v) is 2.74. The Morgan fingerprint density at radius 1 is 1.47 bits per heavy atom. The number of hydrogen-bond acceptors (Lipinski definition) is 3. The molecule has 2 atom stereocenters. The third-order valence-corrected chi connectivity index (χ3v) is 3.50. The van der Waals surface area contributed by atoms with E-state index in [4.69, 9.17) is 0 Å². The van der Waals surface area contributed by atoms with Crippen molar-refractivity contribution in [1.29, 1.82) is 0 Å². The summed E-state index contributed by atoms with van der Waals surface area (Å²) in [7, 11) is 4.03. The van der Waals surface area contributed by atoms with Crippen molar-refractivity contribution in [3.63, 3.8) is 0 Å². The molecule has 1 aromatic rings. The second-order valence-electron chi connectivity index (χ2n) is 4.49. The van der Waals surface area contributed by atoms with Crippen LogP contribution in [0.3, 0.4) is 0 Å². The van der Waals surface area contributed by atoms with Gasteiger partial charge in [0.1, 0.15) is 0 Å². The monoisotopic (exact) mass is 208 g/mol. The molecule has 4 nitrogen and oxygen atoms in total. The van der Waals surface area contributed by atoms with Crippen molar-refractivity contribution in [1.82, 2.24) is 20.3 Å². The van der Waals surface area contributed by atoms with Gasteiger partial charge in [-0.15, -0.1) is 5.10 Å². The minimum absolute atomic E-state index is 0.645. The van der Waals surface area contributed by atoms with Crippen molar-refractivity contribution in [2.45, 2.75) is 31.6 Å². The van der Waals surface area contributed by atoms with E-state index in [0.717, 1.165) is 12.5 Å². The first-order valence-electron chi connectivity index (χ1n) is 5.82. The highest BCUT2D eigenvalue weighted by Gasteiger charge is 2.28. The second-order valence-corrected chi connectivity index (χ2v) is 4.49. The molecule has 1 aliphatic rings. The molecule has 0 bridgehead atoms. The zero-order valence-corrected chi connectivity index (χ0v) is 9.61. The SMILES string of the molecule is CNCC1CCCCC1c1cnnn1C. The molecule has 0 amide bonds. The van der Waals surface area contributed by atoms with Crippen LogP contribution in [0.2, 0.25) is 0 Å². The molecule has 15 heavy (non-hydrogen) atoms. The van der Waals surface area contributed by atoms with Crippen LogP contribution in [0, 0.1) is 5.92 Å². The maximum Gasteiger partial charge on any atom is 0.0728 e. The maximum atomic E-state index is 4.03. The van der Waals surface area contributed by atoms with E-state index in [9.17, 15) is 0 Å². The average molecular weight is 208 g/mol. The smallest absolute Gasteiger partial charge is 0.0728 e. The fraction of sp³-hybridized carbons (Fsp3) is 0.818. The van der Waals surface area contributed by atoms with Crippen LogP contribution >= 0.6 is 0 Å². The first kappa shape index (κ1) is 10.6. The summed E-state index contributed by atoms with van der Waals surface area (Å²) in [6.07, 6.45) is 7.26. The summed E-state index contributed by atoms with van der Waals surface area (Å²) < 4.78 is 1.93. The van der Waals surface area contributed by atoms with Gasteiger partial charge >= 0.3 is 0 Å². The van der Waals surface area contributed by atoms with E-state index in [1.54, 1.807) is 0 Å². The van der Waals surface area contributed by atoms with Crippen LogP contribution in [0.15, 0.2) is 6.20 Å². The van der Waals surface area contributed by atoms with E-state index in [2.05, 4.69) is 15.6 Å². The Labute approximate surface area is 91.1 Å². The van der Waals surface area contributed by atoms with Crippen LogP contribution in [-0.4, -0.2) is 28.6 Å². The number of aromatic nitrogens is 3. The van der Waals surface area contributed by atoms with Gasteiger partial charge in [-0.05, 0) is 32.4 Å². The second kappa shape index (κ2) is 4.75. The molecule has 1 heterocycles. The summed E-state index contributed by atoms with van der Waals surface area (Å²) in [6, 6.07) is 0. The summed E-state index contributed by atoms with van der Waals surface area (Å²) in [6.45, 7) is 1.11. The molecular formula is C11H20N4. The quantitative estimate of drug-likeness (QED) is 0.814. The van der Waals surface area contributed by atoms with Gasteiger partial charge in [-0.25, -0.2) is 0 Å². The Bertz CT molecular complexity index is 305. The van der Waals surface area contributed by atoms with Gasteiger partial charge in [-0.2, -0.15) is 0 Å². The molecule has 0 saturated heterocycles. The highest BCUT2D eigenvalue weighted by Crippen LogP contribution is 2.36. The van der Waals surface area contributed by atoms with Crippen LogP contribution in [0.1, 0.15) is 37.3 Å². The molecule has 0 aromatic carbocycles. The topological polar surface area (TPSA) is 42.7 Å². The first-order chi connectivity index (χ1) is 7.33. The molecule has 1 N–H and O–H groups in total. The van der Waals surface area contributed by atoms with Gasteiger partial charge < -0.3 is 5.32 Å². The van der Waals surface area contributed by atoms with E-state index in [-0.39, 0.29) is 0 Å². The van der Waals surface area contributed by atoms with E-state index >= 15 is 0 Å². The van der Waals surface area contributed by atoms with Crippen molar-refractivity contribution in [2.75, 3.05) is 13.6 Å². The van der Waals surface area contributed by atoms with Crippen LogP contribution in [0.4, 0.5) is 0 Å². The molecule has 1 saturated carbocycles. The highest BCUT2D eigenvalue weighted by molar-refractivity contribution is 5.06. The van der Waals surface area contributed by atoms with Gasteiger partial charge in [0.2, 0.25) is 0 Å². The summed E-state index contributed by atoms with van der Waals surface area (Å²) in [4.78, 5) is 0. The number of nitrogens with zero attached hydrogens (tertiary/aromatic N) is 3. The number of aryl methyl sites for hydroxylation is 1. The van der Waals surface area contributed by atoms with Gasteiger partial charge in [0, 0.05) is 13.0 Å². The number of hydrogen-bond donors (Lipinski definition) is 1. The van der Waals surface area contributed by atoms with Crippen LogP contribution in [-0.2, 0) is 7.05 Å². The Morgan fingerprint density at radius 2 is 2.27 bits per heavy atom. The molecule has 1 aliphatic carbocycles. The predicted octanol–water partition coefficient (Wildman–Crippen LogP) is 1.31. The van der Waals surface area contributed by atoms with E-state index < -0.39 is 0 Å². The summed E-state index contributed by atoms with van der Waals surface area (Å²) >= 11 is 0. The number of rotatable bonds is 3. The molecule has 1 fully saturated rings. The van der Waals surface area contributed by atoms with E-state index in [1.165, 1.54) is 31.4 Å². The van der Waals surface area contributed by atoms with Crippen molar-refractivity contribution >= 4 is 0 Å². The van der Waals surface area contributed by atoms with Gasteiger partial charge in [0.25, 0.3) is 0 Å². The number of nitrogens with one attached hydrogen (secondary N) is 1. The average Bonchev–Trinajstić information content (AvgIpc) is 2.66. The third-order valence-electron chi connectivity index (χ3n) is 3.50. The molecule has 0 spiro atoms. The minimum Gasteiger partial charge on any atom is -0.319 e. The minimum atomic E-state index is 0.645. The standard InChI is InChI=1S/C11H20N4/c1-12-7-9-5-3-4-6-10(9)11-8-13-14-15(11)2/h8-10,12H,3-7H2,1-2H3. The van der Waals surface area contributed by atoms with Crippen molar-refractivity contribution in [3.8, 4) is 0 Å². The van der Waals surface area contributed by atoms with Crippen LogP contribution < -0.4 is 5.32 Å². The summed E-state index contributed by atoms with van der Waals surface area (Å²) in [5.74, 6) is 1.40. The summed E-state index contributed by atoms with van der Waals surface area (Å²) in [5.41, 5.74) is 1.30. The fourth-order valence-electron chi connectivity index (χ4n) is 2.74. The highest BCUT2D eigenvalue weighted by atomic mass is 15.4. The Morgan fingerprint density at radius 3 is 2.93 bits per heavy atom. The van der Waals surface area contributed by atoms with Crippen LogP contribution in [0.25, 0.3) is 0 Å². The largest absolute Gasteiger partial charge is 0.319 e. The lowest BCUT2D eigenvalue weighted by atomic mass is 9.77. The molecular weight excluding hydrogens is 188 g/mol. The van der Waals surface area contributed by atoms with Crippen LogP contribution in [0.5, 0.6) is 0 Å². The Kier molecular flexibility index (Phi) is 3.36. The lowest BCUT2D eigenvalue weighted by molar-refractivity contribution is 0.291. The molecule has 2 rings (SSSR count). The maximum absolute atomic E-state index is 4.03. The Balaban J connectivity index is 2.14. The van der Waals surface area contributed by atoms with Gasteiger partial charge in [-0.1, -0.05) is 18.1 Å². The Hall–Kier alpha value is -0.900. The molecule has 0 aliphatic heterocycles. The van der Waals surface area contributed by atoms with Crippen molar-refractivity contribution < 1.29 is 0 Å². The van der Waals surface area contributed by atoms with E-state index in [0.29, 0.717) is 5.92 Å². The van der Waals surface area contributed by atoms with Crippen molar-refractivity contribution in [2.24, 2.45) is 13.0 Å². The van der Waals surface area contributed by atoms with Gasteiger partial charge in [0.05, 0.1) is 11.9 Å². The molecule has 84 valence electrons. The van der Waals surface area contributed by atoms with Crippen molar-refractivity contribution in [3.05, 3.63) is 11.9 Å². The zero-order chi connectivity index (χ0) is 10.7. The lowest BCUT2D eigenvalue weighted by Gasteiger charge is -2.31. The normalized spacial score (nSPS) is 26.8. The third kappa shape index (κ3) is 2.20. The molecule has 2 unspecified atom stereocenters. The molecule has 1 aromatic heterocycles. The first-order valence-corrected chi connectivity index (χ1v) is 5.82. The summed E-state index contributed by atoms with van der Waals surface area (Å²) in [5, 5.41) is 11.3. The van der Waals surface area contributed by atoms with Gasteiger partial charge in [-0.3, -0.25) is 4.68 Å². The zero-order valence-electron chi connectivity index (χ0n) is 9.61. The lowest BCUT2D eigenvalue weighted by Crippen LogP contribution is -2.28. The van der Waals surface area contributed by atoms with Gasteiger partial charge in [0.15, 0.2) is 0 Å².